The highest BCUT2D eigenvalue weighted by atomic mass is 16.2. The number of carbonyl (C=O) groups is 1. The third kappa shape index (κ3) is 3.75. The van der Waals surface area contributed by atoms with Crippen molar-refractivity contribution in [3.63, 3.8) is 0 Å². The van der Waals surface area contributed by atoms with E-state index in [0.717, 1.165) is 11.9 Å². The Balaban J connectivity index is 1.51. The maximum Gasteiger partial charge on any atom is 0.274 e. The first kappa shape index (κ1) is 19.2. The van der Waals surface area contributed by atoms with Gasteiger partial charge in [0.25, 0.3) is 5.56 Å². The van der Waals surface area contributed by atoms with Crippen LogP contribution in [0.2, 0.25) is 0 Å². The summed E-state index contributed by atoms with van der Waals surface area (Å²) in [5.74, 6) is 0.0525. The normalized spacial score (nSPS) is 17.0. The van der Waals surface area contributed by atoms with Crippen LogP contribution in [0.3, 0.4) is 0 Å². The molecule has 0 radical (unpaired) electrons. The van der Waals surface area contributed by atoms with E-state index >= 15 is 0 Å². The van der Waals surface area contributed by atoms with Crippen molar-refractivity contribution in [2.75, 3.05) is 24.5 Å². The number of nitrogens with zero attached hydrogens (tertiary/aromatic N) is 4. The van der Waals surface area contributed by atoms with E-state index in [2.05, 4.69) is 48.1 Å². The highest BCUT2D eigenvalue weighted by molar-refractivity contribution is 5.88. The summed E-state index contributed by atoms with van der Waals surface area (Å²) in [5, 5.41) is 5.73. The smallest absolute Gasteiger partial charge is 0.274 e. The lowest BCUT2D eigenvalue weighted by Gasteiger charge is -2.41. The van der Waals surface area contributed by atoms with E-state index in [1.807, 2.05) is 23.1 Å². The molecule has 0 saturated carbocycles. The monoisotopic (exact) mass is 390 g/mol. The molecule has 1 atom stereocenters. The largest absolute Gasteiger partial charge is 0.365 e. The lowest BCUT2D eigenvalue weighted by molar-refractivity contribution is -0.131. The van der Waals surface area contributed by atoms with Crippen LogP contribution in [-0.4, -0.2) is 46.3 Å². The molecule has 1 saturated heterocycles. The van der Waals surface area contributed by atoms with Gasteiger partial charge in [-0.25, -0.2) is 4.68 Å². The van der Waals surface area contributed by atoms with Gasteiger partial charge in [-0.05, 0) is 32.0 Å². The number of anilines is 1. The van der Waals surface area contributed by atoms with E-state index in [4.69, 9.17) is 0 Å². The summed E-state index contributed by atoms with van der Waals surface area (Å²) in [6.07, 6.45) is 0.200. The number of benzene rings is 2. The van der Waals surface area contributed by atoms with E-state index in [0.29, 0.717) is 24.2 Å². The van der Waals surface area contributed by atoms with Gasteiger partial charge in [-0.15, -0.1) is 0 Å². The molecule has 3 aromatic rings. The van der Waals surface area contributed by atoms with Gasteiger partial charge in [0.05, 0.1) is 17.5 Å². The van der Waals surface area contributed by atoms with Gasteiger partial charge in [-0.2, -0.15) is 5.10 Å². The second-order valence-corrected chi connectivity index (χ2v) is 7.82. The van der Waals surface area contributed by atoms with Crippen LogP contribution in [0.1, 0.15) is 18.2 Å². The zero-order valence-electron chi connectivity index (χ0n) is 17.1. The molecule has 29 heavy (non-hydrogen) atoms. The topological polar surface area (TPSA) is 58.4 Å². The van der Waals surface area contributed by atoms with Gasteiger partial charge < -0.3 is 9.80 Å². The Labute approximate surface area is 170 Å². The number of hydrogen-bond acceptors (Lipinski definition) is 4. The summed E-state index contributed by atoms with van der Waals surface area (Å²) >= 11 is 0. The predicted molar refractivity (Wildman–Crippen MR) is 115 cm³/mol. The Morgan fingerprint density at radius 3 is 2.45 bits per heavy atom. The predicted octanol–water partition coefficient (Wildman–Crippen LogP) is 2.52. The third-order valence-electron chi connectivity index (χ3n) is 5.70. The average Bonchev–Trinajstić information content (AvgIpc) is 2.72. The van der Waals surface area contributed by atoms with Crippen molar-refractivity contribution in [3.8, 4) is 0 Å². The quantitative estimate of drug-likeness (QED) is 0.690. The average molecular weight is 390 g/mol. The Morgan fingerprint density at radius 2 is 1.76 bits per heavy atom. The number of piperazine rings is 1. The number of fused-ring (bicyclic) bond motifs is 1. The van der Waals surface area contributed by atoms with Crippen molar-refractivity contribution in [1.29, 1.82) is 0 Å². The van der Waals surface area contributed by atoms with E-state index in [-0.39, 0.29) is 23.9 Å². The standard InChI is InChI=1S/C23H26N4O2/c1-16-8-10-18(11-9-16)27-13-12-26(15-17(27)2)22(28)14-21-19-6-4-5-7-20(19)23(29)25(3)24-21/h4-11,17H,12-15H2,1-3H3/t17-/m1/s1. The molecule has 1 aliphatic heterocycles. The number of rotatable bonds is 3. The van der Waals surface area contributed by atoms with Crippen molar-refractivity contribution >= 4 is 22.4 Å². The van der Waals surface area contributed by atoms with E-state index < -0.39 is 0 Å². The number of aryl methyl sites for hydroxylation is 2. The van der Waals surface area contributed by atoms with Crippen LogP contribution in [-0.2, 0) is 18.3 Å². The molecular formula is C23H26N4O2. The maximum atomic E-state index is 13.0. The van der Waals surface area contributed by atoms with Gasteiger partial charge in [-0.3, -0.25) is 9.59 Å². The molecule has 1 aliphatic rings. The summed E-state index contributed by atoms with van der Waals surface area (Å²) in [4.78, 5) is 29.6. The van der Waals surface area contributed by atoms with Gasteiger partial charge >= 0.3 is 0 Å². The first-order chi connectivity index (χ1) is 13.9. The molecular weight excluding hydrogens is 364 g/mol. The van der Waals surface area contributed by atoms with Crippen LogP contribution in [0.5, 0.6) is 0 Å². The molecule has 1 amide bonds. The Bertz CT molecular complexity index is 1100. The summed E-state index contributed by atoms with van der Waals surface area (Å²) in [6, 6.07) is 16.1. The van der Waals surface area contributed by atoms with Crippen LogP contribution in [0.15, 0.2) is 53.3 Å². The number of amides is 1. The highest BCUT2D eigenvalue weighted by Crippen LogP contribution is 2.22. The summed E-state index contributed by atoms with van der Waals surface area (Å²) in [5.41, 5.74) is 2.95. The summed E-state index contributed by atoms with van der Waals surface area (Å²) < 4.78 is 1.32. The van der Waals surface area contributed by atoms with Crippen LogP contribution in [0.4, 0.5) is 5.69 Å². The van der Waals surface area contributed by atoms with Crippen LogP contribution in [0.25, 0.3) is 10.8 Å². The van der Waals surface area contributed by atoms with E-state index in [1.54, 1.807) is 13.1 Å². The molecule has 150 valence electrons. The minimum absolute atomic E-state index is 0.0525. The number of hydrogen-bond donors (Lipinski definition) is 0. The number of aromatic nitrogens is 2. The van der Waals surface area contributed by atoms with Crippen molar-refractivity contribution in [2.24, 2.45) is 7.05 Å². The first-order valence-electron chi connectivity index (χ1n) is 10.00. The summed E-state index contributed by atoms with van der Waals surface area (Å²) in [7, 11) is 1.63. The molecule has 6 heteroatoms. The minimum atomic E-state index is -0.142. The Hall–Kier alpha value is -3.15. The van der Waals surface area contributed by atoms with Crippen LogP contribution < -0.4 is 10.5 Å². The first-order valence-corrected chi connectivity index (χ1v) is 10.00. The zero-order chi connectivity index (χ0) is 20.5. The van der Waals surface area contributed by atoms with Gasteiger partial charge in [0.2, 0.25) is 5.91 Å². The van der Waals surface area contributed by atoms with Crippen molar-refractivity contribution in [2.45, 2.75) is 26.3 Å². The van der Waals surface area contributed by atoms with Crippen LogP contribution in [0, 0.1) is 6.92 Å². The lowest BCUT2D eigenvalue weighted by Crippen LogP contribution is -2.54. The van der Waals surface area contributed by atoms with Crippen LogP contribution >= 0.6 is 0 Å². The molecule has 6 nitrogen and oxygen atoms in total. The molecule has 1 aromatic heterocycles. The minimum Gasteiger partial charge on any atom is -0.365 e. The molecule has 2 heterocycles. The molecule has 0 unspecified atom stereocenters. The molecule has 1 fully saturated rings. The fourth-order valence-corrected chi connectivity index (χ4v) is 4.07. The fraction of sp³-hybridized carbons (Fsp3) is 0.348. The van der Waals surface area contributed by atoms with Crippen molar-refractivity contribution in [3.05, 3.63) is 70.1 Å². The maximum absolute atomic E-state index is 13.0. The van der Waals surface area contributed by atoms with E-state index in [9.17, 15) is 9.59 Å². The van der Waals surface area contributed by atoms with Gasteiger partial charge in [0.15, 0.2) is 0 Å². The van der Waals surface area contributed by atoms with Gasteiger partial charge in [-0.1, -0.05) is 35.9 Å². The third-order valence-corrected chi connectivity index (χ3v) is 5.70. The number of carbonyl (C=O) groups excluding carboxylic acids is 1. The Morgan fingerprint density at radius 1 is 1.07 bits per heavy atom. The summed E-state index contributed by atoms with van der Waals surface area (Å²) in [6.45, 7) is 6.40. The fourth-order valence-electron chi connectivity index (χ4n) is 4.07. The Kier molecular flexibility index (Phi) is 5.09. The second kappa shape index (κ2) is 7.70. The van der Waals surface area contributed by atoms with Gasteiger partial charge in [0.1, 0.15) is 0 Å². The molecule has 4 rings (SSSR count). The highest BCUT2D eigenvalue weighted by Gasteiger charge is 2.27. The lowest BCUT2D eigenvalue weighted by atomic mass is 10.1. The molecule has 0 bridgehead atoms. The van der Waals surface area contributed by atoms with Crippen molar-refractivity contribution in [1.82, 2.24) is 14.7 Å². The SMILES string of the molecule is Cc1ccc(N2CCN(C(=O)Cc3nn(C)c(=O)c4ccccc34)C[C@H]2C)cc1. The van der Waals surface area contributed by atoms with Gasteiger partial charge in [0, 0.05) is 43.8 Å². The van der Waals surface area contributed by atoms with E-state index in [1.165, 1.54) is 15.9 Å². The second-order valence-electron chi connectivity index (χ2n) is 7.82. The zero-order valence-corrected chi connectivity index (χ0v) is 17.1. The molecule has 0 spiro atoms. The molecule has 0 N–H and O–H groups in total. The van der Waals surface area contributed by atoms with Crippen molar-refractivity contribution < 1.29 is 4.79 Å². The molecule has 2 aromatic carbocycles. The molecule has 0 aliphatic carbocycles.